The second-order valence-corrected chi connectivity index (χ2v) is 4.35. The van der Waals surface area contributed by atoms with Gasteiger partial charge in [-0.05, 0) is 37.3 Å². The van der Waals surface area contributed by atoms with Crippen molar-refractivity contribution in [3.63, 3.8) is 0 Å². The van der Waals surface area contributed by atoms with Crippen LogP contribution >= 0.6 is 11.8 Å². The molecule has 0 aromatic carbocycles. The van der Waals surface area contributed by atoms with E-state index in [1.165, 1.54) is 0 Å². The number of carbonyl (C=O) groups is 1. The summed E-state index contributed by atoms with van der Waals surface area (Å²) >= 11 is 1.86. The molecule has 0 heterocycles. The third-order valence-electron chi connectivity index (χ3n) is 1.91. The zero-order valence-electron chi connectivity index (χ0n) is 8.16. The predicted octanol–water partition coefficient (Wildman–Crippen LogP) is 1.57. The molecule has 0 spiro atoms. The van der Waals surface area contributed by atoms with Gasteiger partial charge >= 0.3 is 5.97 Å². The number of carboxylic acids is 1. The Labute approximate surface area is 84.1 Å². The van der Waals surface area contributed by atoms with Gasteiger partial charge in [-0.25, -0.2) is 0 Å². The van der Waals surface area contributed by atoms with Gasteiger partial charge in [0.25, 0.3) is 0 Å². The number of hydrogen-bond donors (Lipinski definition) is 2. The van der Waals surface area contributed by atoms with Gasteiger partial charge in [-0.3, -0.25) is 4.79 Å². The van der Waals surface area contributed by atoms with Gasteiger partial charge in [-0.15, -0.1) is 0 Å². The predicted molar refractivity (Wildman–Crippen MR) is 57.0 cm³/mol. The molecule has 0 amide bonds. The first-order valence-electron chi connectivity index (χ1n) is 4.73. The van der Waals surface area contributed by atoms with Crippen molar-refractivity contribution in [1.82, 2.24) is 0 Å². The lowest BCUT2D eigenvalue weighted by atomic mass is 10.0. The summed E-state index contributed by atoms with van der Waals surface area (Å²) < 4.78 is 0. The number of aliphatic carboxylic acids is 1. The van der Waals surface area contributed by atoms with Crippen molar-refractivity contribution in [3.05, 3.63) is 0 Å². The maximum absolute atomic E-state index is 10.7. The molecule has 0 aromatic rings. The fourth-order valence-electron chi connectivity index (χ4n) is 1.17. The lowest BCUT2D eigenvalue weighted by molar-refractivity contribution is -0.142. The van der Waals surface area contributed by atoms with E-state index in [-0.39, 0.29) is 5.92 Å². The molecule has 0 aliphatic carbocycles. The summed E-state index contributed by atoms with van der Waals surface area (Å²) in [6.45, 7) is 2.58. The highest BCUT2D eigenvalue weighted by Gasteiger charge is 2.15. The van der Waals surface area contributed by atoms with Crippen LogP contribution in [0.1, 0.15) is 26.2 Å². The summed E-state index contributed by atoms with van der Waals surface area (Å²) in [6.07, 6.45) is 2.35. The Kier molecular flexibility index (Phi) is 8.24. The molecule has 0 aliphatic heterocycles. The largest absolute Gasteiger partial charge is 0.481 e. The fraction of sp³-hybridized carbons (Fsp3) is 0.889. The highest BCUT2D eigenvalue weighted by atomic mass is 32.2. The zero-order chi connectivity index (χ0) is 10.1. The van der Waals surface area contributed by atoms with E-state index in [0.29, 0.717) is 13.0 Å². The lowest BCUT2D eigenvalue weighted by Gasteiger charge is -2.09. The van der Waals surface area contributed by atoms with Crippen molar-refractivity contribution in [2.24, 2.45) is 11.7 Å². The van der Waals surface area contributed by atoms with E-state index in [9.17, 15) is 4.79 Å². The molecular weight excluding hydrogens is 186 g/mol. The molecule has 4 heteroatoms. The molecule has 1 unspecified atom stereocenters. The van der Waals surface area contributed by atoms with Crippen LogP contribution in [-0.2, 0) is 4.79 Å². The molecular formula is C9H19NO2S. The average Bonchev–Trinajstić information content (AvgIpc) is 2.10. The second kappa shape index (κ2) is 8.38. The molecule has 0 aliphatic rings. The fourth-order valence-corrected chi connectivity index (χ4v) is 1.83. The van der Waals surface area contributed by atoms with Crippen LogP contribution in [0.3, 0.4) is 0 Å². The van der Waals surface area contributed by atoms with Crippen molar-refractivity contribution in [1.29, 1.82) is 0 Å². The van der Waals surface area contributed by atoms with Gasteiger partial charge in [0, 0.05) is 0 Å². The van der Waals surface area contributed by atoms with Gasteiger partial charge in [0.05, 0.1) is 5.92 Å². The highest BCUT2D eigenvalue weighted by molar-refractivity contribution is 7.99. The van der Waals surface area contributed by atoms with Gasteiger partial charge in [0.1, 0.15) is 0 Å². The van der Waals surface area contributed by atoms with Gasteiger partial charge in [-0.1, -0.05) is 6.92 Å². The number of rotatable bonds is 8. The number of carboxylic acid groups (broad SMARTS) is 1. The van der Waals surface area contributed by atoms with Crippen LogP contribution in [0.2, 0.25) is 0 Å². The molecule has 0 rings (SSSR count). The second-order valence-electron chi connectivity index (χ2n) is 2.95. The minimum Gasteiger partial charge on any atom is -0.481 e. The van der Waals surface area contributed by atoms with Crippen LogP contribution in [0.4, 0.5) is 0 Å². The van der Waals surface area contributed by atoms with Crippen LogP contribution in [0, 0.1) is 5.92 Å². The molecule has 0 aromatic heterocycles. The Morgan fingerprint density at radius 3 is 2.69 bits per heavy atom. The molecule has 1 atom stereocenters. The molecule has 0 bridgehead atoms. The lowest BCUT2D eigenvalue weighted by Crippen LogP contribution is -2.18. The Hall–Kier alpha value is -0.220. The molecule has 3 nitrogen and oxygen atoms in total. The highest BCUT2D eigenvalue weighted by Crippen LogP contribution is 2.13. The van der Waals surface area contributed by atoms with E-state index in [1.54, 1.807) is 0 Å². The molecule has 0 saturated carbocycles. The van der Waals surface area contributed by atoms with Crippen LogP contribution in [0.5, 0.6) is 0 Å². The molecule has 3 N–H and O–H groups in total. The summed E-state index contributed by atoms with van der Waals surface area (Å²) in [5.41, 5.74) is 5.33. The summed E-state index contributed by atoms with van der Waals surface area (Å²) in [5.74, 6) is 1.23. The normalized spacial score (nSPS) is 12.8. The van der Waals surface area contributed by atoms with Crippen molar-refractivity contribution in [2.75, 3.05) is 18.1 Å². The van der Waals surface area contributed by atoms with E-state index in [2.05, 4.69) is 6.92 Å². The first kappa shape index (κ1) is 12.8. The smallest absolute Gasteiger partial charge is 0.306 e. The maximum atomic E-state index is 10.7. The maximum Gasteiger partial charge on any atom is 0.306 e. The van der Waals surface area contributed by atoms with E-state index in [4.69, 9.17) is 10.8 Å². The standard InChI is InChI=1S/C9H19NO2S/c1-2-13-7-3-4-8(5-6-10)9(11)12/h8H,2-7,10H2,1H3,(H,11,12). The Balaban J connectivity index is 3.51. The topological polar surface area (TPSA) is 63.3 Å². The monoisotopic (exact) mass is 205 g/mol. The molecule has 13 heavy (non-hydrogen) atoms. The number of thioether (sulfide) groups is 1. The first-order valence-corrected chi connectivity index (χ1v) is 5.88. The summed E-state index contributed by atoms with van der Waals surface area (Å²) in [4.78, 5) is 10.7. The third-order valence-corrected chi connectivity index (χ3v) is 2.90. The van der Waals surface area contributed by atoms with E-state index in [0.717, 1.165) is 24.3 Å². The minimum absolute atomic E-state index is 0.234. The quantitative estimate of drug-likeness (QED) is 0.590. The molecule has 0 fully saturated rings. The van der Waals surface area contributed by atoms with Crippen molar-refractivity contribution in [3.8, 4) is 0 Å². The first-order chi connectivity index (χ1) is 6.22. The van der Waals surface area contributed by atoms with Crippen LogP contribution in [0.25, 0.3) is 0 Å². The minimum atomic E-state index is -0.702. The zero-order valence-corrected chi connectivity index (χ0v) is 8.98. The molecule has 0 saturated heterocycles. The Bertz CT molecular complexity index is 142. The van der Waals surface area contributed by atoms with E-state index in [1.807, 2.05) is 11.8 Å². The summed E-state index contributed by atoms with van der Waals surface area (Å²) in [7, 11) is 0. The molecule has 78 valence electrons. The Morgan fingerprint density at radius 2 is 2.23 bits per heavy atom. The molecule has 0 radical (unpaired) electrons. The number of nitrogens with two attached hydrogens (primary N) is 1. The van der Waals surface area contributed by atoms with Crippen LogP contribution in [-0.4, -0.2) is 29.1 Å². The van der Waals surface area contributed by atoms with Crippen molar-refractivity contribution >= 4 is 17.7 Å². The SMILES string of the molecule is CCSCCCC(CCN)C(=O)O. The third kappa shape index (κ3) is 6.90. The van der Waals surface area contributed by atoms with Gasteiger partial charge in [0.2, 0.25) is 0 Å². The van der Waals surface area contributed by atoms with Crippen LogP contribution < -0.4 is 5.73 Å². The van der Waals surface area contributed by atoms with E-state index >= 15 is 0 Å². The van der Waals surface area contributed by atoms with Crippen LogP contribution in [0.15, 0.2) is 0 Å². The summed E-state index contributed by atoms with van der Waals surface area (Å²) in [6, 6.07) is 0. The number of hydrogen-bond acceptors (Lipinski definition) is 3. The Morgan fingerprint density at radius 1 is 1.54 bits per heavy atom. The van der Waals surface area contributed by atoms with Gasteiger partial charge in [0.15, 0.2) is 0 Å². The van der Waals surface area contributed by atoms with E-state index < -0.39 is 5.97 Å². The van der Waals surface area contributed by atoms with Gasteiger partial charge < -0.3 is 10.8 Å². The summed E-state index contributed by atoms with van der Waals surface area (Å²) in [5, 5.41) is 8.80. The van der Waals surface area contributed by atoms with Crippen molar-refractivity contribution in [2.45, 2.75) is 26.2 Å². The van der Waals surface area contributed by atoms with Crippen molar-refractivity contribution < 1.29 is 9.90 Å². The average molecular weight is 205 g/mol. The van der Waals surface area contributed by atoms with Gasteiger partial charge in [-0.2, -0.15) is 11.8 Å².